The zero-order valence-corrected chi connectivity index (χ0v) is 16.3. The summed E-state index contributed by atoms with van der Waals surface area (Å²) in [5, 5.41) is 4.98. The molecule has 0 spiro atoms. The summed E-state index contributed by atoms with van der Waals surface area (Å²) in [7, 11) is 0. The predicted molar refractivity (Wildman–Crippen MR) is 107 cm³/mol. The lowest BCUT2D eigenvalue weighted by molar-refractivity contribution is 0.0840. The minimum absolute atomic E-state index is 0.0328. The number of carbonyl (C=O) groups is 2. The van der Waals surface area contributed by atoms with Gasteiger partial charge in [0.05, 0.1) is 18.0 Å². The van der Waals surface area contributed by atoms with Gasteiger partial charge in [0, 0.05) is 11.6 Å². The highest BCUT2D eigenvalue weighted by Gasteiger charge is 2.19. The molecule has 0 bridgehead atoms. The zero-order chi connectivity index (χ0) is 21.0. The van der Waals surface area contributed by atoms with E-state index in [1.807, 2.05) is 0 Å². The van der Waals surface area contributed by atoms with Crippen molar-refractivity contribution in [3.63, 3.8) is 0 Å². The van der Waals surface area contributed by atoms with Crippen LogP contribution in [0.25, 0.3) is 10.8 Å². The van der Waals surface area contributed by atoms with Gasteiger partial charge in [-0.25, -0.2) is 9.67 Å². The molecule has 0 aliphatic carbocycles. The van der Waals surface area contributed by atoms with Gasteiger partial charge in [-0.2, -0.15) is 5.10 Å². The number of carbonyl (C=O) groups excluding carboxylic acids is 2. The Kier molecular flexibility index (Phi) is 5.87. The second-order valence-corrected chi connectivity index (χ2v) is 6.44. The molecule has 1 aromatic carbocycles. The van der Waals surface area contributed by atoms with E-state index in [0.717, 1.165) is 0 Å². The number of rotatable bonds is 5. The van der Waals surface area contributed by atoms with Gasteiger partial charge in [-0.3, -0.25) is 25.2 Å². The third-order valence-electron chi connectivity index (χ3n) is 4.12. The molecule has 29 heavy (non-hydrogen) atoms. The molecule has 3 rings (SSSR count). The summed E-state index contributed by atoms with van der Waals surface area (Å²) in [6.07, 6.45) is 1.51. The number of aromatic nitrogens is 3. The fourth-order valence-corrected chi connectivity index (χ4v) is 2.78. The molecule has 9 heteroatoms. The smallest absolute Gasteiger partial charge is 0.290 e. The van der Waals surface area contributed by atoms with Gasteiger partial charge in [-0.05, 0) is 39.0 Å². The number of ether oxygens (including phenoxy) is 1. The summed E-state index contributed by atoms with van der Waals surface area (Å²) < 4.78 is 6.57. The number of hydrogen-bond donors (Lipinski definition) is 2. The minimum atomic E-state index is -0.647. The van der Waals surface area contributed by atoms with E-state index in [0.29, 0.717) is 17.4 Å². The van der Waals surface area contributed by atoms with Gasteiger partial charge in [-0.15, -0.1) is 0 Å². The third kappa shape index (κ3) is 4.08. The molecule has 2 aromatic heterocycles. The average Bonchev–Trinajstić information content (AvgIpc) is 2.72. The number of hydrazine groups is 1. The fourth-order valence-electron chi connectivity index (χ4n) is 2.78. The van der Waals surface area contributed by atoms with Crippen LogP contribution in [0.4, 0.5) is 0 Å². The molecule has 0 aliphatic heterocycles. The van der Waals surface area contributed by atoms with Gasteiger partial charge < -0.3 is 4.74 Å². The van der Waals surface area contributed by atoms with Crippen molar-refractivity contribution in [3.05, 3.63) is 64.2 Å². The summed E-state index contributed by atoms with van der Waals surface area (Å²) in [5.41, 5.74) is 4.61. The quantitative estimate of drug-likeness (QED) is 0.637. The summed E-state index contributed by atoms with van der Waals surface area (Å²) in [6, 6.07) is 9.59. The van der Waals surface area contributed by atoms with Crippen molar-refractivity contribution >= 4 is 22.6 Å². The van der Waals surface area contributed by atoms with Crippen molar-refractivity contribution in [1.82, 2.24) is 25.6 Å². The minimum Gasteiger partial charge on any atom is -0.477 e. The maximum atomic E-state index is 12.7. The number of nitrogens with zero attached hydrogens (tertiary/aromatic N) is 3. The van der Waals surface area contributed by atoms with Crippen molar-refractivity contribution in [2.45, 2.75) is 26.8 Å². The van der Waals surface area contributed by atoms with Crippen LogP contribution < -0.4 is 21.1 Å². The van der Waals surface area contributed by atoms with E-state index in [2.05, 4.69) is 20.9 Å². The van der Waals surface area contributed by atoms with E-state index in [-0.39, 0.29) is 28.7 Å². The van der Waals surface area contributed by atoms with Crippen LogP contribution in [-0.2, 0) is 0 Å². The van der Waals surface area contributed by atoms with E-state index in [1.165, 1.54) is 16.9 Å². The highest BCUT2D eigenvalue weighted by Crippen LogP contribution is 2.15. The van der Waals surface area contributed by atoms with E-state index in [1.54, 1.807) is 51.1 Å². The lowest BCUT2D eigenvalue weighted by atomic mass is 10.1. The lowest BCUT2D eigenvalue weighted by Crippen LogP contribution is -2.43. The first-order chi connectivity index (χ1) is 13.9. The van der Waals surface area contributed by atoms with Crippen molar-refractivity contribution in [3.8, 4) is 5.88 Å². The van der Waals surface area contributed by atoms with Crippen LogP contribution in [0.15, 0.2) is 47.4 Å². The number of amides is 2. The monoisotopic (exact) mass is 395 g/mol. The molecule has 0 saturated carbocycles. The number of hydrogen-bond acceptors (Lipinski definition) is 6. The fraction of sp³-hybridized carbons (Fsp3) is 0.250. The standard InChI is InChI=1S/C20H21N5O4/c1-4-29-19-15(10-7-11-21-19)17(26)22-23-18(27)16-13-8-5-6-9-14(13)20(28)25(24-16)12(2)3/h5-12H,4H2,1-3H3,(H,22,26)(H,23,27). The molecule has 150 valence electrons. The Balaban J connectivity index is 1.88. The Hall–Kier alpha value is -3.75. The van der Waals surface area contributed by atoms with Gasteiger partial charge in [0.15, 0.2) is 5.69 Å². The van der Waals surface area contributed by atoms with Crippen LogP contribution in [-0.4, -0.2) is 33.2 Å². The molecule has 0 unspecified atom stereocenters. The van der Waals surface area contributed by atoms with Gasteiger partial charge >= 0.3 is 0 Å². The van der Waals surface area contributed by atoms with Crippen molar-refractivity contribution in [2.75, 3.05) is 6.61 Å². The first-order valence-electron chi connectivity index (χ1n) is 9.14. The van der Waals surface area contributed by atoms with Crippen LogP contribution in [0.1, 0.15) is 47.7 Å². The van der Waals surface area contributed by atoms with Gasteiger partial charge in [0.25, 0.3) is 17.4 Å². The van der Waals surface area contributed by atoms with Crippen LogP contribution in [0, 0.1) is 0 Å². The second-order valence-electron chi connectivity index (χ2n) is 6.44. The summed E-state index contributed by atoms with van der Waals surface area (Å²) in [6.45, 7) is 5.71. The molecular formula is C20H21N5O4. The zero-order valence-electron chi connectivity index (χ0n) is 16.3. The van der Waals surface area contributed by atoms with E-state index in [9.17, 15) is 14.4 Å². The molecule has 0 saturated heterocycles. The predicted octanol–water partition coefficient (Wildman–Crippen LogP) is 1.85. The SMILES string of the molecule is CCOc1ncccc1C(=O)NNC(=O)c1nn(C(C)C)c(=O)c2ccccc12. The largest absolute Gasteiger partial charge is 0.477 e. The normalized spacial score (nSPS) is 10.8. The average molecular weight is 395 g/mol. The first kappa shape index (κ1) is 20.0. The van der Waals surface area contributed by atoms with E-state index >= 15 is 0 Å². The highest BCUT2D eigenvalue weighted by atomic mass is 16.5. The lowest BCUT2D eigenvalue weighted by Gasteiger charge is -2.14. The molecule has 2 N–H and O–H groups in total. The van der Waals surface area contributed by atoms with Gasteiger partial charge in [-0.1, -0.05) is 18.2 Å². The molecule has 3 aromatic rings. The van der Waals surface area contributed by atoms with E-state index < -0.39 is 11.8 Å². The second kappa shape index (κ2) is 8.51. The van der Waals surface area contributed by atoms with E-state index in [4.69, 9.17) is 4.74 Å². The molecular weight excluding hydrogens is 374 g/mol. The summed E-state index contributed by atoms with van der Waals surface area (Å²) in [5.74, 6) is -1.07. The molecule has 2 amide bonds. The molecule has 9 nitrogen and oxygen atoms in total. The molecule has 0 radical (unpaired) electrons. The Bertz CT molecular complexity index is 1120. The summed E-state index contributed by atoms with van der Waals surface area (Å²) in [4.78, 5) is 41.8. The van der Waals surface area contributed by atoms with Crippen molar-refractivity contribution < 1.29 is 14.3 Å². The number of pyridine rings is 1. The Labute approximate surface area is 166 Å². The Morgan fingerprint density at radius 2 is 1.76 bits per heavy atom. The highest BCUT2D eigenvalue weighted by molar-refractivity contribution is 6.06. The summed E-state index contributed by atoms with van der Waals surface area (Å²) >= 11 is 0. The van der Waals surface area contributed by atoms with Crippen LogP contribution in [0.5, 0.6) is 5.88 Å². The van der Waals surface area contributed by atoms with Gasteiger partial charge in [0.2, 0.25) is 5.88 Å². The molecule has 0 aliphatic rings. The Morgan fingerprint density at radius 3 is 2.45 bits per heavy atom. The topological polar surface area (TPSA) is 115 Å². The van der Waals surface area contributed by atoms with Crippen LogP contribution >= 0.6 is 0 Å². The maximum Gasteiger partial charge on any atom is 0.290 e. The number of nitrogens with one attached hydrogen (secondary N) is 2. The van der Waals surface area contributed by atoms with Gasteiger partial charge in [0.1, 0.15) is 5.56 Å². The van der Waals surface area contributed by atoms with Crippen LogP contribution in [0.2, 0.25) is 0 Å². The van der Waals surface area contributed by atoms with Crippen molar-refractivity contribution in [1.29, 1.82) is 0 Å². The van der Waals surface area contributed by atoms with Crippen molar-refractivity contribution in [2.24, 2.45) is 0 Å². The first-order valence-corrected chi connectivity index (χ1v) is 9.14. The molecule has 2 heterocycles. The van der Waals surface area contributed by atoms with Crippen LogP contribution in [0.3, 0.4) is 0 Å². The number of benzene rings is 1. The maximum absolute atomic E-state index is 12.7. The molecule has 0 atom stereocenters. The molecule has 0 fully saturated rings. The third-order valence-corrected chi connectivity index (χ3v) is 4.12. The number of fused-ring (bicyclic) bond motifs is 1. The Morgan fingerprint density at radius 1 is 1.07 bits per heavy atom.